The summed E-state index contributed by atoms with van der Waals surface area (Å²) in [5, 5.41) is 2.97. The summed E-state index contributed by atoms with van der Waals surface area (Å²) in [6, 6.07) is 10.5. The lowest BCUT2D eigenvalue weighted by atomic mass is 10.2. The van der Waals surface area contributed by atoms with Gasteiger partial charge in [-0.25, -0.2) is 31.8 Å². The molecule has 1 atom stereocenters. The summed E-state index contributed by atoms with van der Waals surface area (Å²) in [6.07, 6.45) is 2.12. The lowest BCUT2D eigenvalue weighted by molar-refractivity contribution is 0.412. The Balaban J connectivity index is 1.83. The molecule has 0 aliphatic heterocycles. The third-order valence-corrected chi connectivity index (χ3v) is 6.84. The van der Waals surface area contributed by atoms with Crippen molar-refractivity contribution in [2.75, 3.05) is 18.7 Å². The molecule has 10 nitrogen and oxygen atoms in total. The number of benzene rings is 2. The van der Waals surface area contributed by atoms with Crippen LogP contribution in [0, 0.1) is 10.6 Å². The van der Waals surface area contributed by atoms with E-state index in [1.165, 1.54) is 31.6 Å². The number of nitrogens with zero attached hydrogens (tertiary/aromatic N) is 3. The highest BCUT2D eigenvalue weighted by molar-refractivity contribution is 8.04. The number of anilines is 2. The first kappa shape index (κ1) is 22.5. The molecule has 0 amide bonds. The number of hydrogen-bond acceptors (Lipinski definition) is 9. The van der Waals surface area contributed by atoms with Gasteiger partial charge in [-0.15, -0.1) is 4.13 Å². The minimum atomic E-state index is -3.79. The first-order chi connectivity index (χ1) is 14.5. The van der Waals surface area contributed by atoms with Gasteiger partial charge in [0.15, 0.2) is 5.82 Å². The zero-order chi connectivity index (χ0) is 22.6. The van der Waals surface area contributed by atoms with Gasteiger partial charge >= 0.3 is 0 Å². The molecule has 13 heteroatoms. The van der Waals surface area contributed by atoms with Crippen LogP contribution in [-0.2, 0) is 25.7 Å². The molecule has 0 fully saturated rings. The van der Waals surface area contributed by atoms with E-state index in [0.717, 1.165) is 6.26 Å². The maximum absolute atomic E-state index is 13.4. The largest absolute Gasteiger partial charge is 0.496 e. The zero-order valence-electron chi connectivity index (χ0n) is 16.5. The molecule has 1 unspecified atom stereocenters. The fourth-order valence-corrected chi connectivity index (χ4v) is 5.55. The quantitative estimate of drug-likeness (QED) is 0.459. The van der Waals surface area contributed by atoms with Gasteiger partial charge in [0.25, 0.3) is 0 Å². The molecule has 164 valence electrons. The molecule has 0 spiro atoms. The van der Waals surface area contributed by atoms with Crippen molar-refractivity contribution >= 4 is 31.6 Å². The van der Waals surface area contributed by atoms with Crippen LogP contribution < -0.4 is 14.2 Å². The summed E-state index contributed by atoms with van der Waals surface area (Å²) in [7, 11) is -5.97. The molecule has 1 aromatic heterocycles. The topological polar surface area (TPSA) is 147 Å². The fourth-order valence-electron chi connectivity index (χ4n) is 2.71. The minimum Gasteiger partial charge on any atom is -0.496 e. The maximum atomic E-state index is 13.4. The first-order valence-electron chi connectivity index (χ1n) is 8.68. The van der Waals surface area contributed by atoms with Gasteiger partial charge in [0, 0.05) is 11.8 Å². The molecule has 3 N–H and O–H groups in total. The Morgan fingerprint density at radius 1 is 1.13 bits per heavy atom. The average Bonchev–Trinajstić information content (AvgIpc) is 2.66. The summed E-state index contributed by atoms with van der Waals surface area (Å²) in [5.41, 5.74) is 1.47. The van der Waals surface area contributed by atoms with E-state index in [0.29, 0.717) is 16.8 Å². The summed E-state index contributed by atoms with van der Waals surface area (Å²) in [6.45, 7) is 0. The van der Waals surface area contributed by atoms with E-state index in [4.69, 9.17) is 9.52 Å². The molecule has 0 saturated carbocycles. The van der Waals surface area contributed by atoms with E-state index in [9.17, 15) is 17.0 Å². The standard InChI is InChI=1S/C18H19FN6O4S2/c1-29-16-9-13(19)6-7-15(16)17-21-11-22-18(24-17)23-14-5-3-4-12(8-14)10-31(20,28)25-30(2,26)27/h3-9,11H,10H2,1-2H3,(H2,20,25,28)(H,21,22,23,24). The molecule has 0 radical (unpaired) electrons. The molecule has 31 heavy (non-hydrogen) atoms. The van der Waals surface area contributed by atoms with Gasteiger partial charge in [-0.3, -0.25) is 0 Å². The third-order valence-electron chi connectivity index (χ3n) is 3.82. The molecule has 3 rings (SSSR count). The Morgan fingerprint density at radius 3 is 2.61 bits per heavy atom. The second-order valence-electron chi connectivity index (χ2n) is 6.48. The zero-order valence-corrected chi connectivity index (χ0v) is 18.1. The van der Waals surface area contributed by atoms with Gasteiger partial charge in [0.1, 0.15) is 27.8 Å². The van der Waals surface area contributed by atoms with Crippen molar-refractivity contribution in [2.45, 2.75) is 5.75 Å². The summed E-state index contributed by atoms with van der Waals surface area (Å²) in [4.78, 5) is 12.5. The molecule has 0 saturated heterocycles. The molecule has 0 bridgehead atoms. The highest BCUT2D eigenvalue weighted by Crippen LogP contribution is 2.28. The second kappa shape index (κ2) is 8.91. The fraction of sp³-hybridized carbons (Fsp3) is 0.167. The Labute approximate surface area is 179 Å². The van der Waals surface area contributed by atoms with Crippen molar-refractivity contribution < 1.29 is 21.8 Å². The smallest absolute Gasteiger partial charge is 0.230 e. The predicted molar refractivity (Wildman–Crippen MR) is 114 cm³/mol. The van der Waals surface area contributed by atoms with Crippen molar-refractivity contribution in [3.63, 3.8) is 0 Å². The van der Waals surface area contributed by atoms with Gasteiger partial charge in [-0.05, 0) is 29.8 Å². The van der Waals surface area contributed by atoms with Gasteiger partial charge in [0.05, 0.1) is 24.7 Å². The molecule has 1 heterocycles. The van der Waals surface area contributed by atoms with E-state index in [1.54, 1.807) is 24.3 Å². The number of nitrogens with one attached hydrogen (secondary N) is 3. The molecule has 3 aromatic rings. The van der Waals surface area contributed by atoms with E-state index < -0.39 is 25.8 Å². The number of aromatic nitrogens is 3. The number of sulfonamides is 1. The Morgan fingerprint density at radius 2 is 1.90 bits per heavy atom. The Hall–Kier alpha value is -3.16. The molecule has 2 aromatic carbocycles. The minimum absolute atomic E-state index is 0.189. The van der Waals surface area contributed by atoms with Gasteiger partial charge in [-0.1, -0.05) is 12.1 Å². The van der Waals surface area contributed by atoms with Gasteiger partial charge in [-0.2, -0.15) is 4.98 Å². The van der Waals surface area contributed by atoms with Crippen LogP contribution in [0.4, 0.5) is 16.0 Å². The number of halogens is 1. The second-order valence-corrected chi connectivity index (χ2v) is 10.3. The third kappa shape index (κ3) is 6.41. The van der Waals surface area contributed by atoms with Crippen LogP contribution in [0.1, 0.15) is 5.56 Å². The summed E-state index contributed by atoms with van der Waals surface area (Å²) < 4.78 is 63.0. The van der Waals surface area contributed by atoms with Crippen molar-refractivity contribution in [1.29, 1.82) is 4.78 Å². The highest BCUT2D eigenvalue weighted by Gasteiger charge is 2.15. The van der Waals surface area contributed by atoms with Crippen LogP contribution in [-0.4, -0.2) is 40.9 Å². The predicted octanol–water partition coefficient (Wildman–Crippen LogP) is 2.44. The first-order valence-corrected chi connectivity index (χ1v) is 12.3. The number of rotatable bonds is 8. The number of methoxy groups -OCH3 is 1. The molecule has 0 aliphatic rings. The monoisotopic (exact) mass is 466 g/mol. The Kier molecular flexibility index (Phi) is 6.48. The highest BCUT2D eigenvalue weighted by atomic mass is 32.3. The molecular formula is C18H19FN6O4S2. The van der Waals surface area contributed by atoms with Gasteiger partial charge < -0.3 is 10.1 Å². The normalized spacial score (nSPS) is 13.4. The lowest BCUT2D eigenvalue weighted by Crippen LogP contribution is -2.29. The van der Waals surface area contributed by atoms with E-state index in [-0.39, 0.29) is 23.3 Å². The van der Waals surface area contributed by atoms with E-state index >= 15 is 0 Å². The lowest BCUT2D eigenvalue weighted by Gasteiger charge is -2.11. The van der Waals surface area contributed by atoms with Crippen LogP contribution in [0.2, 0.25) is 0 Å². The van der Waals surface area contributed by atoms with Crippen LogP contribution in [0.15, 0.2) is 48.8 Å². The molecule has 0 aliphatic carbocycles. The van der Waals surface area contributed by atoms with Crippen LogP contribution in [0.5, 0.6) is 5.75 Å². The van der Waals surface area contributed by atoms with Crippen LogP contribution >= 0.6 is 0 Å². The number of hydrogen-bond donors (Lipinski definition) is 3. The summed E-state index contributed by atoms with van der Waals surface area (Å²) >= 11 is 0. The average molecular weight is 467 g/mol. The SMILES string of the molecule is COc1cc(F)ccc1-c1ncnc(Nc2cccc(CS(=N)(=O)NS(C)(=O)=O)c2)n1. The molecular weight excluding hydrogens is 447 g/mol. The van der Waals surface area contributed by atoms with Crippen LogP contribution in [0.25, 0.3) is 11.4 Å². The van der Waals surface area contributed by atoms with Crippen molar-refractivity contribution in [1.82, 2.24) is 19.1 Å². The van der Waals surface area contributed by atoms with Gasteiger partial charge in [0.2, 0.25) is 16.0 Å². The van der Waals surface area contributed by atoms with Crippen molar-refractivity contribution in [2.24, 2.45) is 0 Å². The number of ether oxygens (including phenoxy) is 1. The Bertz CT molecular complexity index is 1320. The summed E-state index contributed by atoms with van der Waals surface area (Å²) in [5.74, 6) is -0.0551. The van der Waals surface area contributed by atoms with E-state index in [1.807, 2.05) is 4.13 Å². The van der Waals surface area contributed by atoms with Crippen LogP contribution in [0.3, 0.4) is 0 Å². The maximum Gasteiger partial charge on any atom is 0.230 e. The van der Waals surface area contributed by atoms with E-state index in [2.05, 4.69) is 20.3 Å². The van der Waals surface area contributed by atoms with Crippen molar-refractivity contribution in [3.05, 3.63) is 60.2 Å². The van der Waals surface area contributed by atoms with Crippen molar-refractivity contribution in [3.8, 4) is 17.1 Å².